The predicted molar refractivity (Wildman–Crippen MR) is 101 cm³/mol. The molecule has 2 aliphatic heterocycles. The van der Waals surface area contributed by atoms with Crippen LogP contribution in [0.5, 0.6) is 0 Å². The van der Waals surface area contributed by atoms with E-state index in [9.17, 15) is 4.79 Å². The molecule has 2 aliphatic rings. The Morgan fingerprint density at radius 1 is 1.04 bits per heavy atom. The van der Waals surface area contributed by atoms with E-state index in [0.717, 1.165) is 48.0 Å². The fraction of sp³-hybridized carbons (Fsp3) is 0.300. The minimum atomic E-state index is 0.173. The highest BCUT2D eigenvalue weighted by molar-refractivity contribution is 6.30. The number of para-hydroxylation sites is 1. The van der Waals surface area contributed by atoms with E-state index in [1.807, 2.05) is 47.4 Å². The van der Waals surface area contributed by atoms with E-state index in [1.54, 1.807) is 0 Å². The van der Waals surface area contributed by atoms with Gasteiger partial charge in [0.05, 0.1) is 18.8 Å². The molecule has 0 N–H and O–H groups in total. The van der Waals surface area contributed by atoms with E-state index >= 15 is 0 Å². The molecular formula is C20H20ClN3O. The monoisotopic (exact) mass is 353 g/mol. The summed E-state index contributed by atoms with van der Waals surface area (Å²) in [5.74, 6) is 0.173. The summed E-state index contributed by atoms with van der Waals surface area (Å²) in [6.07, 6.45) is 0.853. The molecule has 0 aliphatic carbocycles. The van der Waals surface area contributed by atoms with Gasteiger partial charge in [-0.15, -0.1) is 0 Å². The highest BCUT2D eigenvalue weighted by Gasteiger charge is 2.26. The SMILES string of the molecule is O=C1CN(Cc2cccc(Cl)c2)CCN1CC1=Nc2ccccc2C1. The lowest BCUT2D eigenvalue weighted by Gasteiger charge is -2.34. The van der Waals surface area contributed by atoms with Crippen molar-refractivity contribution in [2.24, 2.45) is 4.99 Å². The highest BCUT2D eigenvalue weighted by Crippen LogP contribution is 2.26. The summed E-state index contributed by atoms with van der Waals surface area (Å²) in [4.78, 5) is 21.3. The summed E-state index contributed by atoms with van der Waals surface area (Å²) in [5.41, 5.74) is 4.52. The van der Waals surface area contributed by atoms with Crippen molar-refractivity contribution >= 4 is 28.9 Å². The van der Waals surface area contributed by atoms with Crippen LogP contribution in [0.2, 0.25) is 5.02 Å². The number of fused-ring (bicyclic) bond motifs is 1. The predicted octanol–water partition coefficient (Wildman–Crippen LogP) is 3.31. The molecule has 0 spiro atoms. The zero-order valence-corrected chi connectivity index (χ0v) is 14.7. The summed E-state index contributed by atoms with van der Waals surface area (Å²) in [6.45, 7) is 3.46. The van der Waals surface area contributed by atoms with Crippen molar-refractivity contribution in [3.63, 3.8) is 0 Å². The third-order valence-electron chi connectivity index (χ3n) is 4.73. The van der Waals surface area contributed by atoms with Crippen LogP contribution in [0.3, 0.4) is 0 Å². The van der Waals surface area contributed by atoms with Gasteiger partial charge >= 0.3 is 0 Å². The molecule has 0 aromatic heterocycles. The Bertz CT molecular complexity index is 833. The molecule has 0 bridgehead atoms. The van der Waals surface area contributed by atoms with E-state index in [1.165, 1.54) is 5.56 Å². The molecule has 0 saturated carbocycles. The first-order valence-electron chi connectivity index (χ1n) is 8.56. The van der Waals surface area contributed by atoms with Gasteiger partial charge in [-0.1, -0.05) is 41.9 Å². The molecule has 5 heteroatoms. The van der Waals surface area contributed by atoms with E-state index in [2.05, 4.69) is 16.0 Å². The molecule has 4 rings (SSSR count). The van der Waals surface area contributed by atoms with Gasteiger partial charge in [0.2, 0.25) is 5.91 Å². The van der Waals surface area contributed by atoms with Crippen molar-refractivity contribution in [2.75, 3.05) is 26.2 Å². The van der Waals surface area contributed by atoms with Crippen molar-refractivity contribution in [1.82, 2.24) is 9.80 Å². The van der Waals surface area contributed by atoms with Crippen LogP contribution >= 0.6 is 11.6 Å². The minimum absolute atomic E-state index is 0.173. The van der Waals surface area contributed by atoms with Crippen LogP contribution in [0.1, 0.15) is 11.1 Å². The van der Waals surface area contributed by atoms with Crippen LogP contribution in [-0.2, 0) is 17.8 Å². The first-order valence-corrected chi connectivity index (χ1v) is 8.94. The van der Waals surface area contributed by atoms with Crippen LogP contribution in [-0.4, -0.2) is 47.6 Å². The first-order chi connectivity index (χ1) is 12.2. The van der Waals surface area contributed by atoms with E-state index < -0.39 is 0 Å². The Hall–Kier alpha value is -2.17. The zero-order chi connectivity index (χ0) is 17.2. The number of carbonyl (C=O) groups is 1. The molecule has 0 radical (unpaired) electrons. The maximum atomic E-state index is 12.5. The molecule has 0 atom stereocenters. The molecule has 1 fully saturated rings. The van der Waals surface area contributed by atoms with Gasteiger partial charge in [-0.25, -0.2) is 0 Å². The van der Waals surface area contributed by atoms with Gasteiger partial charge in [0.15, 0.2) is 0 Å². The van der Waals surface area contributed by atoms with Crippen molar-refractivity contribution in [1.29, 1.82) is 0 Å². The van der Waals surface area contributed by atoms with E-state index in [0.29, 0.717) is 13.1 Å². The highest BCUT2D eigenvalue weighted by atomic mass is 35.5. The van der Waals surface area contributed by atoms with E-state index in [-0.39, 0.29) is 5.91 Å². The van der Waals surface area contributed by atoms with Crippen LogP contribution < -0.4 is 0 Å². The summed E-state index contributed by atoms with van der Waals surface area (Å²) in [7, 11) is 0. The van der Waals surface area contributed by atoms with Gasteiger partial charge in [-0.3, -0.25) is 14.7 Å². The van der Waals surface area contributed by atoms with Crippen molar-refractivity contribution in [3.8, 4) is 0 Å². The summed E-state index contributed by atoms with van der Waals surface area (Å²) >= 11 is 6.04. The van der Waals surface area contributed by atoms with Crippen LogP contribution in [0, 0.1) is 0 Å². The Labute approximate surface area is 152 Å². The first kappa shape index (κ1) is 16.3. The van der Waals surface area contributed by atoms with Crippen molar-refractivity contribution in [2.45, 2.75) is 13.0 Å². The Morgan fingerprint density at radius 2 is 1.92 bits per heavy atom. The molecule has 25 heavy (non-hydrogen) atoms. The third-order valence-corrected chi connectivity index (χ3v) is 4.97. The average Bonchev–Trinajstić information content (AvgIpc) is 3.00. The number of rotatable bonds is 4. The Kier molecular flexibility index (Phi) is 4.55. The second-order valence-corrected chi connectivity index (χ2v) is 7.08. The van der Waals surface area contributed by atoms with Gasteiger partial charge in [0.1, 0.15) is 0 Å². The lowest BCUT2D eigenvalue weighted by molar-refractivity contribution is -0.135. The van der Waals surface area contributed by atoms with E-state index in [4.69, 9.17) is 11.6 Å². The molecule has 2 aromatic rings. The number of amides is 1. The Balaban J connectivity index is 1.34. The number of piperazine rings is 1. The smallest absolute Gasteiger partial charge is 0.237 e. The average molecular weight is 354 g/mol. The lowest BCUT2D eigenvalue weighted by Crippen LogP contribution is -2.51. The number of benzene rings is 2. The van der Waals surface area contributed by atoms with Gasteiger partial charge in [0.25, 0.3) is 0 Å². The topological polar surface area (TPSA) is 35.9 Å². The molecule has 1 amide bonds. The van der Waals surface area contributed by atoms with Crippen LogP contribution in [0.15, 0.2) is 53.5 Å². The molecule has 2 heterocycles. The number of halogens is 1. The molecule has 4 nitrogen and oxygen atoms in total. The molecule has 128 valence electrons. The molecule has 0 unspecified atom stereocenters. The standard InChI is InChI=1S/C20H20ClN3O/c21-17-6-3-4-15(10-17)12-23-8-9-24(20(25)14-23)13-18-11-16-5-1-2-7-19(16)22-18/h1-7,10H,8-9,11-14H2. The summed E-state index contributed by atoms with van der Waals surface area (Å²) in [6, 6.07) is 16.0. The molecule has 1 saturated heterocycles. The minimum Gasteiger partial charge on any atom is -0.335 e. The maximum absolute atomic E-state index is 12.5. The number of aliphatic imine (C=N–C) groups is 1. The van der Waals surface area contributed by atoms with Gasteiger partial charge in [-0.2, -0.15) is 0 Å². The molecular weight excluding hydrogens is 334 g/mol. The molecule has 2 aromatic carbocycles. The maximum Gasteiger partial charge on any atom is 0.237 e. The fourth-order valence-corrected chi connectivity index (χ4v) is 3.68. The lowest BCUT2D eigenvalue weighted by atomic mass is 10.1. The van der Waals surface area contributed by atoms with Crippen LogP contribution in [0.4, 0.5) is 5.69 Å². The summed E-state index contributed by atoms with van der Waals surface area (Å²) < 4.78 is 0. The number of hydrogen-bond donors (Lipinski definition) is 0. The van der Waals surface area contributed by atoms with Crippen molar-refractivity contribution < 1.29 is 4.79 Å². The second kappa shape index (κ2) is 6.98. The quantitative estimate of drug-likeness (QED) is 0.845. The fourth-order valence-electron chi connectivity index (χ4n) is 3.46. The largest absolute Gasteiger partial charge is 0.335 e. The summed E-state index contributed by atoms with van der Waals surface area (Å²) in [5, 5.41) is 0.737. The van der Waals surface area contributed by atoms with Gasteiger partial charge < -0.3 is 4.90 Å². The third kappa shape index (κ3) is 3.75. The van der Waals surface area contributed by atoms with Gasteiger partial charge in [0, 0.05) is 36.8 Å². The normalized spacial score (nSPS) is 17.6. The second-order valence-electron chi connectivity index (χ2n) is 6.64. The van der Waals surface area contributed by atoms with Crippen molar-refractivity contribution in [3.05, 3.63) is 64.7 Å². The zero-order valence-electron chi connectivity index (χ0n) is 14.0. The number of carbonyl (C=O) groups excluding carboxylic acids is 1. The Morgan fingerprint density at radius 3 is 2.72 bits per heavy atom. The van der Waals surface area contributed by atoms with Crippen LogP contribution in [0.25, 0.3) is 0 Å². The van der Waals surface area contributed by atoms with Gasteiger partial charge in [-0.05, 0) is 29.3 Å². The number of nitrogens with zero attached hydrogens (tertiary/aromatic N) is 3. The number of hydrogen-bond acceptors (Lipinski definition) is 3.